The summed E-state index contributed by atoms with van der Waals surface area (Å²) in [5.74, 6) is 0.873. The van der Waals surface area contributed by atoms with E-state index in [-0.39, 0.29) is 11.6 Å². The first-order valence-corrected chi connectivity index (χ1v) is 10.9. The molecule has 6 heteroatoms. The minimum Gasteiger partial charge on any atom is -0.496 e. The number of hydrogen-bond donors (Lipinski definition) is 0. The van der Waals surface area contributed by atoms with Crippen LogP contribution in [0.4, 0.5) is 0 Å². The first-order valence-electron chi connectivity index (χ1n) is 9.15. The quantitative estimate of drug-likeness (QED) is 0.337. The number of methoxy groups -OCH3 is 2. The summed E-state index contributed by atoms with van der Waals surface area (Å²) < 4.78 is 11.0. The molecule has 0 unspecified atom stereocenters. The Labute approximate surface area is 182 Å². The molecule has 0 N–H and O–H groups in total. The highest BCUT2D eigenvalue weighted by Crippen LogP contribution is 2.33. The highest BCUT2D eigenvalue weighted by Gasteiger charge is 2.19. The molecule has 0 fully saturated rings. The van der Waals surface area contributed by atoms with Crippen LogP contribution in [0.3, 0.4) is 0 Å². The van der Waals surface area contributed by atoms with Crippen LogP contribution >= 0.6 is 22.7 Å². The molecular formula is C24H18O4S2. The van der Waals surface area contributed by atoms with E-state index in [1.54, 1.807) is 38.5 Å². The fraction of sp³-hybridized carbons (Fsp3) is 0.0833. The number of carbonyl (C=O) groups excluding carboxylic acids is 2. The normalized spacial score (nSPS) is 10.6. The lowest BCUT2D eigenvalue weighted by Crippen LogP contribution is -2.03. The Morgan fingerprint density at radius 3 is 1.43 bits per heavy atom. The molecule has 4 nitrogen and oxygen atoms in total. The van der Waals surface area contributed by atoms with E-state index in [0.717, 1.165) is 11.1 Å². The van der Waals surface area contributed by atoms with Crippen molar-refractivity contribution in [1.29, 1.82) is 0 Å². The van der Waals surface area contributed by atoms with Crippen LogP contribution in [-0.2, 0) is 0 Å². The minimum atomic E-state index is -0.0668. The number of carbonyl (C=O) groups is 2. The average molecular weight is 435 g/mol. The van der Waals surface area contributed by atoms with Crippen molar-refractivity contribution in [2.24, 2.45) is 0 Å². The van der Waals surface area contributed by atoms with Gasteiger partial charge in [-0.2, -0.15) is 0 Å². The molecule has 4 aromatic rings. The van der Waals surface area contributed by atoms with Crippen LogP contribution in [0.25, 0.3) is 11.1 Å². The van der Waals surface area contributed by atoms with E-state index >= 15 is 0 Å². The van der Waals surface area contributed by atoms with Gasteiger partial charge in [0.1, 0.15) is 11.5 Å². The molecule has 4 rings (SSSR count). The van der Waals surface area contributed by atoms with Gasteiger partial charge in [-0.05, 0) is 58.3 Å². The molecule has 150 valence electrons. The largest absolute Gasteiger partial charge is 0.496 e. The number of thiophene rings is 2. The summed E-state index contributed by atoms with van der Waals surface area (Å²) in [7, 11) is 3.10. The summed E-state index contributed by atoms with van der Waals surface area (Å²) in [6.45, 7) is 0. The van der Waals surface area contributed by atoms with Crippen molar-refractivity contribution in [2.75, 3.05) is 14.2 Å². The molecule has 0 aliphatic heterocycles. The second kappa shape index (κ2) is 8.65. The van der Waals surface area contributed by atoms with Crippen molar-refractivity contribution in [1.82, 2.24) is 0 Å². The van der Waals surface area contributed by atoms with Crippen molar-refractivity contribution >= 4 is 34.2 Å². The van der Waals surface area contributed by atoms with E-state index in [9.17, 15) is 9.59 Å². The highest BCUT2D eigenvalue weighted by atomic mass is 32.1. The van der Waals surface area contributed by atoms with Crippen molar-refractivity contribution in [3.05, 3.63) is 92.3 Å². The zero-order valence-corrected chi connectivity index (χ0v) is 18.0. The average Bonchev–Trinajstić information content (AvgIpc) is 3.51. The predicted octanol–water partition coefficient (Wildman–Crippen LogP) is 5.96. The first-order chi connectivity index (χ1) is 14.6. The Morgan fingerprint density at radius 2 is 1.10 bits per heavy atom. The fourth-order valence-corrected chi connectivity index (χ4v) is 4.55. The molecule has 0 spiro atoms. The SMILES string of the molecule is COc1cc(-c2ccc(C(=O)c3cccs3)c(OC)c2)ccc1C(=O)c1cccs1. The molecule has 2 aromatic carbocycles. The summed E-state index contributed by atoms with van der Waals surface area (Å²) in [6, 6.07) is 18.3. The maximum absolute atomic E-state index is 12.7. The topological polar surface area (TPSA) is 52.6 Å². The van der Waals surface area contributed by atoms with Gasteiger partial charge in [0.15, 0.2) is 0 Å². The lowest BCUT2D eigenvalue weighted by Gasteiger charge is -2.12. The zero-order chi connectivity index (χ0) is 21.1. The third kappa shape index (κ3) is 3.79. The van der Waals surface area contributed by atoms with E-state index in [0.29, 0.717) is 32.4 Å². The van der Waals surface area contributed by atoms with E-state index in [1.807, 2.05) is 47.2 Å². The fourth-order valence-electron chi connectivity index (χ4n) is 3.20. The van der Waals surface area contributed by atoms with Gasteiger partial charge in [-0.3, -0.25) is 9.59 Å². The third-order valence-electron chi connectivity index (χ3n) is 4.72. The molecule has 0 saturated carbocycles. The smallest absolute Gasteiger partial charge is 0.206 e. The number of ketones is 2. The Kier molecular flexibility index (Phi) is 5.79. The standard InChI is InChI=1S/C24H18O4S2/c1-27-19-13-15(7-9-17(19)23(25)21-5-3-11-29-21)16-8-10-18(20(14-16)28-2)24(26)22-6-4-12-30-22/h3-14H,1-2H3. The summed E-state index contributed by atoms with van der Waals surface area (Å²) in [4.78, 5) is 26.8. The lowest BCUT2D eigenvalue weighted by molar-refractivity contribution is 0.103. The molecule has 0 aliphatic carbocycles. The molecule has 2 heterocycles. The Hall–Kier alpha value is -3.22. The monoisotopic (exact) mass is 434 g/mol. The molecule has 0 bridgehead atoms. The van der Waals surface area contributed by atoms with Crippen LogP contribution in [-0.4, -0.2) is 25.8 Å². The van der Waals surface area contributed by atoms with Crippen LogP contribution < -0.4 is 9.47 Å². The Morgan fingerprint density at radius 1 is 0.667 bits per heavy atom. The second-order valence-corrected chi connectivity index (χ2v) is 8.34. The molecule has 2 aromatic heterocycles. The number of ether oxygens (including phenoxy) is 2. The predicted molar refractivity (Wildman–Crippen MR) is 120 cm³/mol. The van der Waals surface area contributed by atoms with Gasteiger partial charge in [-0.25, -0.2) is 0 Å². The second-order valence-electron chi connectivity index (χ2n) is 6.44. The molecular weight excluding hydrogens is 416 g/mol. The first kappa shape index (κ1) is 20.1. The van der Waals surface area contributed by atoms with Crippen LogP contribution in [0.1, 0.15) is 30.5 Å². The summed E-state index contributed by atoms with van der Waals surface area (Å²) in [5, 5.41) is 3.75. The van der Waals surface area contributed by atoms with Gasteiger partial charge in [0.25, 0.3) is 0 Å². The van der Waals surface area contributed by atoms with Gasteiger partial charge >= 0.3 is 0 Å². The van der Waals surface area contributed by atoms with E-state index in [4.69, 9.17) is 9.47 Å². The number of hydrogen-bond acceptors (Lipinski definition) is 6. The molecule has 0 aliphatic rings. The van der Waals surface area contributed by atoms with Crippen molar-refractivity contribution in [3.63, 3.8) is 0 Å². The van der Waals surface area contributed by atoms with E-state index < -0.39 is 0 Å². The van der Waals surface area contributed by atoms with Gasteiger partial charge in [0.2, 0.25) is 11.6 Å². The van der Waals surface area contributed by atoms with Crippen molar-refractivity contribution < 1.29 is 19.1 Å². The number of rotatable bonds is 7. The maximum Gasteiger partial charge on any atom is 0.206 e. The van der Waals surface area contributed by atoms with Gasteiger partial charge in [0, 0.05) is 0 Å². The van der Waals surface area contributed by atoms with E-state index in [1.165, 1.54) is 22.7 Å². The summed E-state index contributed by atoms with van der Waals surface area (Å²) >= 11 is 2.80. The molecule has 0 saturated heterocycles. The number of benzene rings is 2. The molecule has 0 radical (unpaired) electrons. The maximum atomic E-state index is 12.7. The van der Waals surface area contributed by atoms with Crippen LogP contribution in [0.2, 0.25) is 0 Å². The lowest BCUT2D eigenvalue weighted by atomic mass is 9.98. The van der Waals surface area contributed by atoms with Crippen molar-refractivity contribution in [2.45, 2.75) is 0 Å². The molecule has 0 atom stereocenters. The van der Waals surface area contributed by atoms with Crippen LogP contribution in [0, 0.1) is 0 Å². The molecule has 0 amide bonds. The van der Waals surface area contributed by atoms with E-state index in [2.05, 4.69) is 0 Å². The Bertz CT molecular complexity index is 1100. The summed E-state index contributed by atoms with van der Waals surface area (Å²) in [6.07, 6.45) is 0. The molecule has 30 heavy (non-hydrogen) atoms. The third-order valence-corrected chi connectivity index (χ3v) is 6.45. The highest BCUT2D eigenvalue weighted by molar-refractivity contribution is 7.12. The van der Waals surface area contributed by atoms with Crippen molar-refractivity contribution in [3.8, 4) is 22.6 Å². The Balaban J connectivity index is 1.70. The van der Waals surface area contributed by atoms with Gasteiger partial charge in [-0.15, -0.1) is 22.7 Å². The van der Waals surface area contributed by atoms with Crippen LogP contribution in [0.15, 0.2) is 71.4 Å². The van der Waals surface area contributed by atoms with Gasteiger partial charge in [0.05, 0.1) is 35.1 Å². The zero-order valence-electron chi connectivity index (χ0n) is 16.4. The van der Waals surface area contributed by atoms with Gasteiger partial charge < -0.3 is 9.47 Å². The van der Waals surface area contributed by atoms with Crippen LogP contribution in [0.5, 0.6) is 11.5 Å². The minimum absolute atomic E-state index is 0.0668. The summed E-state index contributed by atoms with van der Waals surface area (Å²) in [5.41, 5.74) is 2.76. The van der Waals surface area contributed by atoms with Gasteiger partial charge in [-0.1, -0.05) is 24.3 Å².